The second-order valence-corrected chi connectivity index (χ2v) is 3.54. The van der Waals surface area contributed by atoms with Crippen LogP contribution in [0.3, 0.4) is 0 Å². The first-order chi connectivity index (χ1) is 6.51. The van der Waals surface area contributed by atoms with Crippen LogP contribution in [0.25, 0.3) is 0 Å². The van der Waals surface area contributed by atoms with Crippen molar-refractivity contribution in [3.8, 4) is 6.07 Å². The van der Waals surface area contributed by atoms with E-state index in [1.807, 2.05) is 6.07 Å². The molecule has 1 aromatic heterocycles. The van der Waals surface area contributed by atoms with E-state index in [-0.39, 0.29) is 0 Å². The molecule has 0 saturated heterocycles. The third kappa shape index (κ3) is 3.37. The van der Waals surface area contributed by atoms with E-state index in [0.29, 0.717) is 18.2 Å². The molecule has 0 bridgehead atoms. The molecule has 1 rings (SSSR count). The highest BCUT2D eigenvalue weighted by Gasteiger charge is 2.12. The molecule has 0 aliphatic carbocycles. The number of nitrogens with zero attached hydrogens (tertiary/aromatic N) is 3. The summed E-state index contributed by atoms with van der Waals surface area (Å²) in [6.07, 6.45) is 1.50. The molecule has 1 aromatic rings. The Bertz CT molecular complexity index is 351. The summed E-state index contributed by atoms with van der Waals surface area (Å²) in [5.74, 6) is 0.353. The van der Waals surface area contributed by atoms with E-state index in [9.17, 15) is 5.11 Å². The Hall–Kier alpha value is -1.67. The van der Waals surface area contributed by atoms with Crippen molar-refractivity contribution in [2.24, 2.45) is 0 Å². The fraction of sp³-hybridized carbons (Fsp3) is 0.444. The molecule has 14 heavy (non-hydrogen) atoms. The maximum atomic E-state index is 9.42. The lowest BCUT2D eigenvalue weighted by molar-refractivity contribution is 0.0943. The lowest BCUT2D eigenvalue weighted by atomic mass is 10.1. The second kappa shape index (κ2) is 4.03. The molecule has 0 saturated carbocycles. The van der Waals surface area contributed by atoms with Gasteiger partial charge >= 0.3 is 0 Å². The van der Waals surface area contributed by atoms with Gasteiger partial charge in [-0.2, -0.15) is 5.26 Å². The van der Waals surface area contributed by atoms with Crippen LogP contribution in [0.4, 0.5) is 5.95 Å². The van der Waals surface area contributed by atoms with Gasteiger partial charge < -0.3 is 10.4 Å². The summed E-state index contributed by atoms with van der Waals surface area (Å²) < 4.78 is 0. The van der Waals surface area contributed by atoms with Crippen LogP contribution in [0, 0.1) is 11.3 Å². The molecular formula is C9H12N4O. The van der Waals surface area contributed by atoms with Gasteiger partial charge in [0.05, 0.1) is 5.60 Å². The minimum Gasteiger partial charge on any atom is -0.389 e. The van der Waals surface area contributed by atoms with Crippen LogP contribution >= 0.6 is 0 Å². The van der Waals surface area contributed by atoms with Gasteiger partial charge in [0.25, 0.3) is 0 Å². The topological polar surface area (TPSA) is 81.8 Å². The van der Waals surface area contributed by atoms with Crippen LogP contribution in [-0.2, 0) is 0 Å². The van der Waals surface area contributed by atoms with E-state index in [2.05, 4.69) is 15.3 Å². The molecule has 1 heterocycles. The largest absolute Gasteiger partial charge is 0.389 e. The standard InChI is InChI=1S/C9H12N4O/c1-9(2,14)6-12-8-11-4-3-7(5-10)13-8/h3-4,14H,6H2,1-2H3,(H,11,12,13). The van der Waals surface area contributed by atoms with E-state index >= 15 is 0 Å². The summed E-state index contributed by atoms with van der Waals surface area (Å²) in [6, 6.07) is 3.43. The molecule has 5 nitrogen and oxygen atoms in total. The molecule has 0 fully saturated rings. The van der Waals surface area contributed by atoms with Crippen molar-refractivity contribution >= 4 is 5.95 Å². The van der Waals surface area contributed by atoms with Gasteiger partial charge in [0, 0.05) is 12.7 Å². The first-order valence-electron chi connectivity index (χ1n) is 4.21. The van der Waals surface area contributed by atoms with Crippen molar-refractivity contribution in [3.63, 3.8) is 0 Å². The molecule has 0 aliphatic rings. The number of rotatable bonds is 3. The summed E-state index contributed by atoms with van der Waals surface area (Å²) in [6.45, 7) is 3.68. The summed E-state index contributed by atoms with van der Waals surface area (Å²) >= 11 is 0. The van der Waals surface area contributed by atoms with Crippen molar-refractivity contribution in [2.75, 3.05) is 11.9 Å². The van der Waals surface area contributed by atoms with Gasteiger partial charge in [0.1, 0.15) is 11.8 Å². The number of nitriles is 1. The number of aliphatic hydroxyl groups is 1. The van der Waals surface area contributed by atoms with E-state index in [0.717, 1.165) is 0 Å². The summed E-state index contributed by atoms with van der Waals surface area (Å²) in [5.41, 5.74) is -0.523. The van der Waals surface area contributed by atoms with Crippen molar-refractivity contribution in [3.05, 3.63) is 18.0 Å². The number of hydrogen-bond donors (Lipinski definition) is 2. The van der Waals surface area contributed by atoms with Gasteiger partial charge in [-0.15, -0.1) is 0 Å². The molecule has 0 unspecified atom stereocenters. The predicted octanol–water partition coefficient (Wildman–Crippen LogP) is 0.531. The van der Waals surface area contributed by atoms with Crippen LogP contribution in [-0.4, -0.2) is 27.2 Å². The molecule has 74 valence electrons. The Labute approximate surface area is 82.4 Å². The monoisotopic (exact) mass is 192 g/mol. The Kier molecular flexibility index (Phi) is 2.99. The van der Waals surface area contributed by atoms with Gasteiger partial charge in [0.2, 0.25) is 5.95 Å². The van der Waals surface area contributed by atoms with Gasteiger partial charge in [-0.05, 0) is 19.9 Å². The van der Waals surface area contributed by atoms with Gasteiger partial charge in [-0.3, -0.25) is 0 Å². The molecule has 2 N–H and O–H groups in total. The molecule has 0 atom stereocenters. The number of hydrogen-bond acceptors (Lipinski definition) is 5. The van der Waals surface area contributed by atoms with E-state index in [1.165, 1.54) is 12.3 Å². The highest BCUT2D eigenvalue weighted by atomic mass is 16.3. The maximum absolute atomic E-state index is 9.42. The lowest BCUT2D eigenvalue weighted by Gasteiger charge is -2.17. The van der Waals surface area contributed by atoms with E-state index in [4.69, 9.17) is 5.26 Å². The van der Waals surface area contributed by atoms with Gasteiger partial charge in [0.15, 0.2) is 0 Å². The average molecular weight is 192 g/mol. The zero-order chi connectivity index (χ0) is 10.6. The molecule has 0 aromatic carbocycles. The second-order valence-electron chi connectivity index (χ2n) is 3.54. The van der Waals surface area contributed by atoms with Crippen LogP contribution in [0.15, 0.2) is 12.3 Å². The predicted molar refractivity (Wildman–Crippen MR) is 51.5 cm³/mol. The first-order valence-corrected chi connectivity index (χ1v) is 4.21. The fourth-order valence-corrected chi connectivity index (χ4v) is 0.802. The molecule has 0 amide bonds. The van der Waals surface area contributed by atoms with Crippen LogP contribution in [0.5, 0.6) is 0 Å². The molecule has 0 aliphatic heterocycles. The summed E-state index contributed by atoms with van der Waals surface area (Å²) in [7, 11) is 0. The molecular weight excluding hydrogens is 180 g/mol. The molecule has 5 heteroatoms. The van der Waals surface area contributed by atoms with Crippen molar-refractivity contribution in [1.82, 2.24) is 9.97 Å². The summed E-state index contributed by atoms with van der Waals surface area (Å²) in [4.78, 5) is 7.81. The van der Waals surface area contributed by atoms with Crippen LogP contribution < -0.4 is 5.32 Å². The zero-order valence-corrected chi connectivity index (χ0v) is 8.15. The van der Waals surface area contributed by atoms with Crippen molar-refractivity contribution in [1.29, 1.82) is 5.26 Å². The third-order valence-electron chi connectivity index (χ3n) is 1.45. The van der Waals surface area contributed by atoms with E-state index < -0.39 is 5.60 Å². The Balaban J connectivity index is 2.65. The quantitative estimate of drug-likeness (QED) is 0.730. The normalized spacial score (nSPS) is 10.7. The van der Waals surface area contributed by atoms with Crippen molar-refractivity contribution < 1.29 is 5.11 Å². The maximum Gasteiger partial charge on any atom is 0.223 e. The first kappa shape index (κ1) is 10.4. The highest BCUT2D eigenvalue weighted by molar-refractivity contribution is 5.30. The summed E-state index contributed by atoms with van der Waals surface area (Å²) in [5, 5.41) is 20.8. The van der Waals surface area contributed by atoms with Gasteiger partial charge in [-0.25, -0.2) is 9.97 Å². The van der Waals surface area contributed by atoms with Gasteiger partial charge in [-0.1, -0.05) is 0 Å². The Morgan fingerprint density at radius 1 is 1.64 bits per heavy atom. The third-order valence-corrected chi connectivity index (χ3v) is 1.45. The SMILES string of the molecule is CC(C)(O)CNc1nccc(C#N)n1. The molecule has 0 spiro atoms. The number of nitrogens with one attached hydrogen (secondary N) is 1. The number of anilines is 1. The smallest absolute Gasteiger partial charge is 0.223 e. The Morgan fingerprint density at radius 2 is 2.36 bits per heavy atom. The minimum atomic E-state index is -0.827. The number of aromatic nitrogens is 2. The Morgan fingerprint density at radius 3 is 2.93 bits per heavy atom. The van der Waals surface area contributed by atoms with Crippen LogP contribution in [0.2, 0.25) is 0 Å². The fourth-order valence-electron chi connectivity index (χ4n) is 0.802. The highest BCUT2D eigenvalue weighted by Crippen LogP contribution is 2.04. The zero-order valence-electron chi connectivity index (χ0n) is 8.15. The minimum absolute atomic E-state index is 0.304. The van der Waals surface area contributed by atoms with E-state index in [1.54, 1.807) is 13.8 Å². The average Bonchev–Trinajstić information content (AvgIpc) is 2.14. The van der Waals surface area contributed by atoms with Crippen LogP contribution in [0.1, 0.15) is 19.5 Å². The molecule has 0 radical (unpaired) electrons. The lowest BCUT2D eigenvalue weighted by Crippen LogP contribution is -2.29. The van der Waals surface area contributed by atoms with Crippen molar-refractivity contribution in [2.45, 2.75) is 19.4 Å².